The van der Waals surface area contributed by atoms with Gasteiger partial charge in [-0.15, -0.1) is 0 Å². The van der Waals surface area contributed by atoms with Crippen LogP contribution >= 0.6 is 15.9 Å². The van der Waals surface area contributed by atoms with Crippen LogP contribution in [-0.2, 0) is 9.84 Å². The predicted octanol–water partition coefficient (Wildman–Crippen LogP) is 2.93. The predicted molar refractivity (Wildman–Crippen MR) is 75.2 cm³/mol. The van der Waals surface area contributed by atoms with E-state index in [0.717, 1.165) is 19.3 Å². The molecule has 0 N–H and O–H groups in total. The fourth-order valence-electron chi connectivity index (χ4n) is 2.25. The molecular weight excluding hydrogens is 334 g/mol. The molecule has 1 fully saturated rings. The van der Waals surface area contributed by atoms with Gasteiger partial charge in [-0.1, -0.05) is 22.4 Å². The number of nitro benzene ring substituents is 1. The van der Waals surface area contributed by atoms with Gasteiger partial charge in [-0.3, -0.25) is 10.1 Å². The molecule has 1 aliphatic carbocycles. The van der Waals surface area contributed by atoms with Crippen molar-refractivity contribution < 1.29 is 13.3 Å². The lowest BCUT2D eigenvalue weighted by Crippen LogP contribution is -2.38. The van der Waals surface area contributed by atoms with Crippen molar-refractivity contribution in [2.45, 2.75) is 24.2 Å². The van der Waals surface area contributed by atoms with Gasteiger partial charge in [0.1, 0.15) is 0 Å². The van der Waals surface area contributed by atoms with E-state index in [1.165, 1.54) is 24.3 Å². The summed E-state index contributed by atoms with van der Waals surface area (Å²) in [6, 6.07) is 5.09. The number of nitrogens with zero attached hydrogens (tertiary/aromatic N) is 1. The Hall–Kier alpha value is -0.950. The third kappa shape index (κ3) is 2.97. The Labute approximate surface area is 120 Å². The summed E-state index contributed by atoms with van der Waals surface area (Å²) in [5.74, 6) is 0.100. The summed E-state index contributed by atoms with van der Waals surface area (Å²) in [5.41, 5.74) is -0.265. The molecule has 1 aromatic rings. The van der Waals surface area contributed by atoms with E-state index in [0.29, 0.717) is 5.33 Å². The maximum atomic E-state index is 12.3. The second-order valence-corrected chi connectivity index (χ2v) is 7.55. The molecule has 1 saturated carbocycles. The Morgan fingerprint density at radius 3 is 2.21 bits per heavy atom. The highest BCUT2D eigenvalue weighted by Gasteiger charge is 2.40. The SMILES string of the molecule is O=[N+]([O-])c1ccc(S(=O)(=O)CC2(CBr)CCC2)cc1. The average molecular weight is 348 g/mol. The molecule has 1 aliphatic rings. The number of nitro groups is 1. The first-order chi connectivity index (χ1) is 8.88. The molecule has 0 amide bonds. The number of alkyl halides is 1. The molecule has 0 spiro atoms. The van der Waals surface area contributed by atoms with E-state index in [2.05, 4.69) is 15.9 Å². The second-order valence-electron chi connectivity index (χ2n) is 5.00. The lowest BCUT2D eigenvalue weighted by atomic mass is 9.72. The van der Waals surface area contributed by atoms with Crippen molar-refractivity contribution in [1.82, 2.24) is 0 Å². The zero-order chi connectivity index (χ0) is 14.1. The molecule has 1 aromatic carbocycles. The van der Waals surface area contributed by atoms with Gasteiger partial charge < -0.3 is 0 Å². The number of non-ortho nitro benzene ring substituents is 1. The normalized spacial score (nSPS) is 17.7. The van der Waals surface area contributed by atoms with Gasteiger partial charge in [0.15, 0.2) is 9.84 Å². The Balaban J connectivity index is 2.22. The maximum absolute atomic E-state index is 12.3. The maximum Gasteiger partial charge on any atom is 0.269 e. The highest BCUT2D eigenvalue weighted by molar-refractivity contribution is 9.09. The molecule has 0 heterocycles. The van der Waals surface area contributed by atoms with Crippen molar-refractivity contribution in [2.75, 3.05) is 11.1 Å². The van der Waals surface area contributed by atoms with Gasteiger partial charge in [0.2, 0.25) is 0 Å². The Bertz CT molecular complexity index is 573. The minimum absolute atomic E-state index is 0.0993. The Morgan fingerprint density at radius 2 is 1.84 bits per heavy atom. The summed E-state index contributed by atoms with van der Waals surface area (Å²) >= 11 is 3.39. The van der Waals surface area contributed by atoms with Crippen LogP contribution in [0, 0.1) is 15.5 Å². The van der Waals surface area contributed by atoms with E-state index in [1.54, 1.807) is 0 Å². The first-order valence-corrected chi connectivity index (χ1v) is 8.69. The standard InChI is InChI=1S/C12H14BrNO4S/c13-8-12(6-1-7-12)9-19(17,18)11-4-2-10(3-5-11)14(15)16/h2-5H,1,6-9H2. The zero-order valence-corrected chi connectivity index (χ0v) is 12.6. The summed E-state index contributed by atoms with van der Waals surface area (Å²) in [5, 5.41) is 11.2. The summed E-state index contributed by atoms with van der Waals surface area (Å²) in [7, 11) is -3.39. The van der Waals surface area contributed by atoms with E-state index in [1.807, 2.05) is 0 Å². The van der Waals surface area contributed by atoms with Crippen molar-refractivity contribution in [2.24, 2.45) is 5.41 Å². The lowest BCUT2D eigenvalue weighted by Gasteiger charge is -2.40. The van der Waals surface area contributed by atoms with E-state index < -0.39 is 14.8 Å². The van der Waals surface area contributed by atoms with Crippen LogP contribution in [0.15, 0.2) is 29.2 Å². The van der Waals surface area contributed by atoms with Gasteiger partial charge in [0.05, 0.1) is 15.6 Å². The number of hydrogen-bond acceptors (Lipinski definition) is 4. The summed E-state index contributed by atoms with van der Waals surface area (Å²) in [6.07, 6.45) is 2.87. The first-order valence-electron chi connectivity index (χ1n) is 5.92. The zero-order valence-electron chi connectivity index (χ0n) is 10.2. The Kier molecular flexibility index (Phi) is 3.96. The monoisotopic (exact) mass is 347 g/mol. The van der Waals surface area contributed by atoms with Crippen LogP contribution in [0.3, 0.4) is 0 Å². The number of hydrogen-bond donors (Lipinski definition) is 0. The summed E-state index contributed by atoms with van der Waals surface area (Å²) < 4.78 is 24.6. The molecule has 0 atom stereocenters. The molecule has 0 saturated heterocycles. The molecule has 0 aromatic heterocycles. The van der Waals surface area contributed by atoms with Crippen LogP contribution < -0.4 is 0 Å². The van der Waals surface area contributed by atoms with Crippen LogP contribution in [0.1, 0.15) is 19.3 Å². The van der Waals surface area contributed by atoms with Gasteiger partial charge >= 0.3 is 0 Å². The third-order valence-electron chi connectivity index (χ3n) is 3.60. The summed E-state index contributed by atoms with van der Waals surface area (Å²) in [6.45, 7) is 0. The first kappa shape index (κ1) is 14.5. The number of halogens is 1. The molecule has 0 aliphatic heterocycles. The minimum Gasteiger partial charge on any atom is -0.258 e. The van der Waals surface area contributed by atoms with Crippen LogP contribution in [0.4, 0.5) is 5.69 Å². The van der Waals surface area contributed by atoms with Crippen molar-refractivity contribution >= 4 is 31.5 Å². The van der Waals surface area contributed by atoms with Crippen molar-refractivity contribution in [3.8, 4) is 0 Å². The quantitative estimate of drug-likeness (QED) is 0.466. The third-order valence-corrected chi connectivity index (χ3v) is 6.77. The molecule has 5 nitrogen and oxygen atoms in total. The van der Waals surface area contributed by atoms with Gasteiger partial charge in [0.25, 0.3) is 5.69 Å². The van der Waals surface area contributed by atoms with Crippen LogP contribution in [0.2, 0.25) is 0 Å². The minimum atomic E-state index is -3.39. The molecule has 104 valence electrons. The fraction of sp³-hybridized carbons (Fsp3) is 0.500. The second kappa shape index (κ2) is 5.20. The Morgan fingerprint density at radius 1 is 1.26 bits per heavy atom. The van der Waals surface area contributed by atoms with Crippen molar-refractivity contribution in [3.05, 3.63) is 34.4 Å². The fourth-order valence-corrected chi connectivity index (χ4v) is 5.19. The van der Waals surface area contributed by atoms with E-state index >= 15 is 0 Å². The van der Waals surface area contributed by atoms with Crippen LogP contribution in [0.25, 0.3) is 0 Å². The van der Waals surface area contributed by atoms with Crippen molar-refractivity contribution in [1.29, 1.82) is 0 Å². The highest BCUT2D eigenvalue weighted by Crippen LogP contribution is 2.44. The summed E-state index contributed by atoms with van der Waals surface area (Å²) in [4.78, 5) is 10.2. The largest absolute Gasteiger partial charge is 0.269 e. The molecule has 19 heavy (non-hydrogen) atoms. The van der Waals surface area contributed by atoms with E-state index in [4.69, 9.17) is 0 Å². The average Bonchev–Trinajstić information content (AvgIpc) is 2.34. The van der Waals surface area contributed by atoms with Gasteiger partial charge in [-0.25, -0.2) is 8.42 Å². The van der Waals surface area contributed by atoms with Crippen molar-refractivity contribution in [3.63, 3.8) is 0 Å². The topological polar surface area (TPSA) is 77.3 Å². The van der Waals surface area contributed by atoms with Crippen LogP contribution in [-0.4, -0.2) is 24.4 Å². The number of benzene rings is 1. The molecule has 0 unspecified atom stereocenters. The molecule has 2 rings (SSSR count). The number of sulfone groups is 1. The van der Waals surface area contributed by atoms with E-state index in [9.17, 15) is 18.5 Å². The lowest BCUT2D eigenvalue weighted by molar-refractivity contribution is -0.384. The van der Waals surface area contributed by atoms with Crippen LogP contribution in [0.5, 0.6) is 0 Å². The van der Waals surface area contributed by atoms with Gasteiger partial charge in [0, 0.05) is 17.5 Å². The van der Waals surface area contributed by atoms with Gasteiger partial charge in [-0.05, 0) is 30.4 Å². The van der Waals surface area contributed by atoms with E-state index in [-0.39, 0.29) is 21.8 Å². The van der Waals surface area contributed by atoms with Gasteiger partial charge in [-0.2, -0.15) is 0 Å². The smallest absolute Gasteiger partial charge is 0.258 e. The molecule has 0 bridgehead atoms. The number of rotatable bonds is 5. The molecule has 0 radical (unpaired) electrons. The highest BCUT2D eigenvalue weighted by atomic mass is 79.9. The molecular formula is C12H14BrNO4S. The molecule has 7 heteroatoms.